The summed E-state index contributed by atoms with van der Waals surface area (Å²) >= 11 is 1.77. The zero-order valence-corrected chi connectivity index (χ0v) is 20.0. The smallest absolute Gasteiger partial charge is 0.255 e. The van der Waals surface area contributed by atoms with Gasteiger partial charge in [-0.15, -0.1) is 0 Å². The first-order chi connectivity index (χ1) is 15.4. The summed E-state index contributed by atoms with van der Waals surface area (Å²) in [5.74, 6) is 4.15. The molecule has 0 aliphatic heterocycles. The molecule has 8 nitrogen and oxygen atoms in total. The molecule has 0 bridgehead atoms. The van der Waals surface area contributed by atoms with Crippen molar-refractivity contribution in [1.29, 1.82) is 0 Å². The summed E-state index contributed by atoms with van der Waals surface area (Å²) in [5, 5.41) is 3.18. The van der Waals surface area contributed by atoms with E-state index in [-0.39, 0.29) is 5.56 Å². The van der Waals surface area contributed by atoms with Crippen LogP contribution in [0, 0.1) is 0 Å². The minimum absolute atomic E-state index is 0.120. The number of nitrogens with one attached hydrogen (secondary N) is 2. The third-order valence-electron chi connectivity index (χ3n) is 4.60. The molecular weight excluding hydrogens is 424 g/mol. The van der Waals surface area contributed by atoms with Crippen LogP contribution in [0.25, 0.3) is 0 Å². The Morgan fingerprint density at radius 2 is 1.84 bits per heavy atom. The predicted molar refractivity (Wildman–Crippen MR) is 130 cm³/mol. The Balaban J connectivity index is 1.44. The highest BCUT2D eigenvalue weighted by atomic mass is 32.2. The molecule has 2 N–H and O–H groups in total. The fourth-order valence-electron chi connectivity index (χ4n) is 3.22. The van der Waals surface area contributed by atoms with Gasteiger partial charge < -0.3 is 19.5 Å². The normalized spacial score (nSPS) is 11.4. The van der Waals surface area contributed by atoms with Gasteiger partial charge in [0, 0.05) is 43.2 Å². The molecular formula is C23H32N6O2S. The summed E-state index contributed by atoms with van der Waals surface area (Å²) < 4.78 is 5.81. The van der Waals surface area contributed by atoms with E-state index in [0.29, 0.717) is 24.5 Å². The van der Waals surface area contributed by atoms with E-state index >= 15 is 0 Å². The lowest BCUT2D eigenvalue weighted by Crippen LogP contribution is -2.18. The first-order valence-electron chi connectivity index (χ1n) is 10.6. The fraction of sp³-hybridized carbons (Fsp3) is 0.435. The number of nitrogens with zero attached hydrogens (tertiary/aromatic N) is 4. The average molecular weight is 457 g/mol. The first kappa shape index (κ1) is 24.0. The van der Waals surface area contributed by atoms with E-state index in [9.17, 15) is 4.79 Å². The van der Waals surface area contributed by atoms with Crippen molar-refractivity contribution >= 4 is 17.7 Å². The number of aromatic amines is 1. The van der Waals surface area contributed by atoms with E-state index in [1.54, 1.807) is 24.2 Å². The molecule has 0 amide bonds. The molecule has 3 heterocycles. The van der Waals surface area contributed by atoms with Crippen LogP contribution in [0.2, 0.25) is 0 Å². The molecule has 9 heteroatoms. The highest BCUT2D eigenvalue weighted by molar-refractivity contribution is 7.98. The second kappa shape index (κ2) is 11.8. The van der Waals surface area contributed by atoms with Gasteiger partial charge in [0.2, 0.25) is 5.95 Å². The quantitative estimate of drug-likeness (QED) is 0.402. The molecule has 32 heavy (non-hydrogen) atoms. The molecule has 0 aliphatic carbocycles. The first-order valence-corrected chi connectivity index (χ1v) is 11.7. The van der Waals surface area contributed by atoms with Crippen LogP contribution in [0.1, 0.15) is 28.3 Å². The van der Waals surface area contributed by atoms with Crippen molar-refractivity contribution in [3.63, 3.8) is 0 Å². The van der Waals surface area contributed by atoms with Crippen molar-refractivity contribution in [2.75, 3.05) is 45.8 Å². The van der Waals surface area contributed by atoms with Crippen molar-refractivity contribution < 1.29 is 4.42 Å². The summed E-state index contributed by atoms with van der Waals surface area (Å²) in [6.45, 7) is 2.27. The van der Waals surface area contributed by atoms with Crippen LogP contribution in [0.4, 0.5) is 5.95 Å². The molecule has 3 rings (SSSR count). The minimum atomic E-state index is -0.120. The Bertz CT molecular complexity index is 1050. The Kier molecular flexibility index (Phi) is 8.90. The lowest BCUT2D eigenvalue weighted by atomic mass is 10.1. The second-order valence-electron chi connectivity index (χ2n) is 8.24. The number of pyridine rings is 1. The Morgan fingerprint density at radius 1 is 1.06 bits per heavy atom. The Hall–Kier alpha value is -2.62. The molecule has 0 fully saturated rings. The van der Waals surface area contributed by atoms with Crippen LogP contribution in [-0.2, 0) is 25.3 Å². The zero-order valence-electron chi connectivity index (χ0n) is 19.2. The van der Waals surface area contributed by atoms with Crippen LogP contribution in [0.15, 0.2) is 45.9 Å². The predicted octanol–water partition coefficient (Wildman–Crippen LogP) is 2.82. The molecule has 3 aromatic heterocycles. The van der Waals surface area contributed by atoms with E-state index in [2.05, 4.69) is 30.1 Å². The monoisotopic (exact) mass is 456 g/mol. The lowest BCUT2D eigenvalue weighted by molar-refractivity contribution is 0.344. The van der Waals surface area contributed by atoms with Crippen LogP contribution < -0.4 is 10.9 Å². The Morgan fingerprint density at radius 3 is 2.59 bits per heavy atom. The number of rotatable bonds is 12. The Labute approximate surface area is 193 Å². The van der Waals surface area contributed by atoms with Gasteiger partial charge in [0.15, 0.2) is 0 Å². The maximum absolute atomic E-state index is 12.5. The van der Waals surface area contributed by atoms with E-state index in [4.69, 9.17) is 4.42 Å². The van der Waals surface area contributed by atoms with E-state index < -0.39 is 0 Å². The summed E-state index contributed by atoms with van der Waals surface area (Å²) in [5.41, 5.74) is 2.55. The van der Waals surface area contributed by atoms with Crippen molar-refractivity contribution in [2.24, 2.45) is 0 Å². The van der Waals surface area contributed by atoms with E-state index in [1.807, 2.05) is 52.5 Å². The number of hydrogen-bond donors (Lipinski definition) is 2. The second-order valence-corrected chi connectivity index (χ2v) is 9.35. The number of furan rings is 1. The molecule has 0 aliphatic rings. The molecule has 0 unspecified atom stereocenters. The average Bonchev–Trinajstić information content (AvgIpc) is 3.16. The van der Waals surface area contributed by atoms with Crippen LogP contribution in [0.3, 0.4) is 0 Å². The standard InChI is InChI=1S/C23H32N6O2S/c1-28(2)14-19-12-17(7-8-24-19)11-18-13-26-23(27-22(18)30)25-9-10-32-16-21-6-5-20(31-21)15-29(3)4/h5-8,12-13H,9-11,14-16H2,1-4H3,(H2,25,26,27,30). The van der Waals surface area contributed by atoms with Gasteiger partial charge in [0.25, 0.3) is 5.56 Å². The van der Waals surface area contributed by atoms with Crippen LogP contribution >= 0.6 is 11.8 Å². The van der Waals surface area contributed by atoms with Gasteiger partial charge in [-0.1, -0.05) is 0 Å². The molecule has 3 aromatic rings. The van der Waals surface area contributed by atoms with Crippen LogP contribution in [0.5, 0.6) is 0 Å². The van der Waals surface area contributed by atoms with Gasteiger partial charge >= 0.3 is 0 Å². The molecule has 0 radical (unpaired) electrons. The number of thioether (sulfide) groups is 1. The molecule has 172 valence electrons. The number of hydrogen-bond acceptors (Lipinski definition) is 8. The molecule has 0 saturated carbocycles. The van der Waals surface area contributed by atoms with Crippen molar-refractivity contribution in [3.05, 3.63) is 75.4 Å². The maximum atomic E-state index is 12.5. The van der Waals surface area contributed by atoms with Gasteiger partial charge in [-0.25, -0.2) is 4.98 Å². The third-order valence-corrected chi connectivity index (χ3v) is 5.58. The third kappa shape index (κ3) is 7.81. The fourth-order valence-corrected chi connectivity index (χ4v) is 3.96. The topological polar surface area (TPSA) is 90.3 Å². The van der Waals surface area contributed by atoms with Gasteiger partial charge in [-0.2, -0.15) is 11.8 Å². The van der Waals surface area contributed by atoms with Crippen LogP contribution in [-0.4, -0.2) is 65.2 Å². The highest BCUT2D eigenvalue weighted by Gasteiger charge is 2.07. The molecule has 0 spiro atoms. The lowest BCUT2D eigenvalue weighted by Gasteiger charge is -2.10. The number of aromatic nitrogens is 3. The number of H-pyrrole nitrogens is 1. The summed E-state index contributed by atoms with van der Waals surface area (Å²) in [6.07, 6.45) is 3.96. The number of anilines is 1. The summed E-state index contributed by atoms with van der Waals surface area (Å²) in [4.78, 5) is 28.2. The highest BCUT2D eigenvalue weighted by Crippen LogP contribution is 2.16. The van der Waals surface area contributed by atoms with Crippen molar-refractivity contribution in [2.45, 2.75) is 25.3 Å². The van der Waals surface area contributed by atoms with E-state index in [1.165, 1.54) is 0 Å². The largest absolute Gasteiger partial charge is 0.464 e. The molecule has 0 aromatic carbocycles. The molecule has 0 saturated heterocycles. The van der Waals surface area contributed by atoms with E-state index in [0.717, 1.165) is 47.4 Å². The minimum Gasteiger partial charge on any atom is -0.464 e. The van der Waals surface area contributed by atoms with Crippen molar-refractivity contribution in [3.8, 4) is 0 Å². The van der Waals surface area contributed by atoms with Gasteiger partial charge in [0.05, 0.1) is 18.0 Å². The summed E-state index contributed by atoms with van der Waals surface area (Å²) in [7, 11) is 8.06. The zero-order chi connectivity index (χ0) is 22.9. The van der Waals surface area contributed by atoms with Crippen molar-refractivity contribution in [1.82, 2.24) is 24.8 Å². The van der Waals surface area contributed by atoms with Gasteiger partial charge in [-0.3, -0.25) is 14.8 Å². The van der Waals surface area contributed by atoms with Gasteiger partial charge in [0.1, 0.15) is 11.5 Å². The summed E-state index contributed by atoms with van der Waals surface area (Å²) in [6, 6.07) is 8.03. The SMILES string of the molecule is CN(C)Cc1cc(Cc2cnc(NCCSCc3ccc(CN(C)C)o3)[nH]c2=O)ccn1. The maximum Gasteiger partial charge on any atom is 0.255 e. The molecule has 0 atom stereocenters. The van der Waals surface area contributed by atoms with Gasteiger partial charge in [-0.05, 0) is 58.0 Å².